The van der Waals surface area contributed by atoms with Crippen LogP contribution >= 0.6 is 0 Å². The Hall–Kier alpha value is -0.850. The molecule has 0 bridgehead atoms. The Labute approximate surface area is 55.1 Å². The molecule has 0 unspecified atom stereocenters. The average molecular weight is 121 g/mol. The Morgan fingerprint density at radius 3 is 3.00 bits per heavy atom. The van der Waals surface area contributed by atoms with Crippen LogP contribution in [0.25, 0.3) is 0 Å². The Morgan fingerprint density at radius 2 is 2.22 bits per heavy atom. The van der Waals surface area contributed by atoms with Crippen LogP contribution in [0.3, 0.4) is 0 Å². The second kappa shape index (κ2) is 3.23. The standard InChI is InChI=1S/C8H9O/c9-7-8-5-3-1-2-4-6-8/h1,3,6H,2,4-5H2. The highest BCUT2D eigenvalue weighted by Crippen LogP contribution is 2.07. The van der Waals surface area contributed by atoms with Crippen molar-refractivity contribution in [2.45, 2.75) is 19.3 Å². The van der Waals surface area contributed by atoms with E-state index in [0.29, 0.717) is 0 Å². The Balaban J connectivity index is 2.58. The van der Waals surface area contributed by atoms with Gasteiger partial charge in [0.25, 0.3) is 0 Å². The van der Waals surface area contributed by atoms with Gasteiger partial charge in [-0.25, -0.2) is 0 Å². The van der Waals surface area contributed by atoms with E-state index in [0.717, 1.165) is 24.8 Å². The summed E-state index contributed by atoms with van der Waals surface area (Å²) in [4.78, 5) is 10.1. The molecule has 0 N–H and O–H groups in total. The summed E-state index contributed by atoms with van der Waals surface area (Å²) in [5, 5.41) is 0. The highest BCUT2D eigenvalue weighted by molar-refractivity contribution is 5.74. The zero-order chi connectivity index (χ0) is 6.53. The van der Waals surface area contributed by atoms with E-state index >= 15 is 0 Å². The molecule has 9 heavy (non-hydrogen) atoms. The topological polar surface area (TPSA) is 17.1 Å². The van der Waals surface area contributed by atoms with Crippen molar-refractivity contribution in [2.75, 3.05) is 0 Å². The van der Waals surface area contributed by atoms with Gasteiger partial charge in [-0.2, -0.15) is 0 Å². The lowest BCUT2D eigenvalue weighted by Gasteiger charge is -1.85. The van der Waals surface area contributed by atoms with E-state index < -0.39 is 0 Å². The molecule has 0 fully saturated rings. The maximum Gasteiger partial charge on any atom is 0.229 e. The maximum atomic E-state index is 10.1. The fourth-order valence-corrected chi connectivity index (χ4v) is 0.849. The molecule has 1 aliphatic carbocycles. The van der Waals surface area contributed by atoms with Gasteiger partial charge in [0.15, 0.2) is 0 Å². The summed E-state index contributed by atoms with van der Waals surface area (Å²) in [6, 6.07) is 0. The molecule has 1 rings (SSSR count). The van der Waals surface area contributed by atoms with Crippen LogP contribution in [0.5, 0.6) is 0 Å². The molecule has 0 aromatic rings. The van der Waals surface area contributed by atoms with Gasteiger partial charge in [0.05, 0.1) is 0 Å². The smallest absolute Gasteiger partial charge is 0.229 e. The first-order valence-electron chi connectivity index (χ1n) is 3.15. The number of hydrogen-bond donors (Lipinski definition) is 0. The van der Waals surface area contributed by atoms with Gasteiger partial charge in [-0.1, -0.05) is 18.2 Å². The summed E-state index contributed by atoms with van der Waals surface area (Å²) >= 11 is 0. The van der Waals surface area contributed by atoms with Crippen LogP contribution in [-0.4, -0.2) is 6.29 Å². The van der Waals surface area contributed by atoms with Crippen LogP contribution in [0.15, 0.2) is 23.8 Å². The zero-order valence-corrected chi connectivity index (χ0v) is 5.26. The Morgan fingerprint density at radius 1 is 1.33 bits per heavy atom. The molecular weight excluding hydrogens is 112 g/mol. The highest BCUT2D eigenvalue weighted by atomic mass is 16.1. The summed E-state index contributed by atoms with van der Waals surface area (Å²) in [5.41, 5.74) is 0.795. The van der Waals surface area contributed by atoms with Crippen molar-refractivity contribution in [2.24, 2.45) is 0 Å². The summed E-state index contributed by atoms with van der Waals surface area (Å²) in [5.74, 6) is 0. The minimum absolute atomic E-state index is 0.767. The van der Waals surface area contributed by atoms with Crippen molar-refractivity contribution in [3.63, 3.8) is 0 Å². The average Bonchev–Trinajstić information content (AvgIpc) is 2.13. The van der Waals surface area contributed by atoms with E-state index in [1.165, 1.54) is 0 Å². The van der Waals surface area contributed by atoms with E-state index in [-0.39, 0.29) is 0 Å². The van der Waals surface area contributed by atoms with Crippen LogP contribution in [0.4, 0.5) is 0 Å². The summed E-state index contributed by atoms with van der Waals surface area (Å²) in [6.45, 7) is 0. The summed E-state index contributed by atoms with van der Waals surface area (Å²) < 4.78 is 0. The quantitative estimate of drug-likeness (QED) is 0.483. The third-order valence-corrected chi connectivity index (χ3v) is 1.36. The summed E-state index contributed by atoms with van der Waals surface area (Å²) in [6.07, 6.45) is 10.8. The van der Waals surface area contributed by atoms with Crippen molar-refractivity contribution in [3.8, 4) is 0 Å². The van der Waals surface area contributed by atoms with Gasteiger partial charge in [-0.3, -0.25) is 4.79 Å². The normalized spacial score (nSPS) is 18.4. The molecule has 0 amide bonds. The van der Waals surface area contributed by atoms with Gasteiger partial charge in [-0.05, 0) is 19.3 Å². The van der Waals surface area contributed by atoms with E-state index in [2.05, 4.69) is 6.08 Å². The zero-order valence-electron chi connectivity index (χ0n) is 5.26. The molecule has 1 nitrogen and oxygen atoms in total. The molecule has 0 aromatic carbocycles. The van der Waals surface area contributed by atoms with Crippen molar-refractivity contribution in [1.82, 2.24) is 0 Å². The van der Waals surface area contributed by atoms with Crippen molar-refractivity contribution in [1.29, 1.82) is 0 Å². The molecule has 0 atom stereocenters. The van der Waals surface area contributed by atoms with Gasteiger partial charge in [0.2, 0.25) is 6.29 Å². The monoisotopic (exact) mass is 121 g/mol. The molecule has 0 saturated carbocycles. The number of carbonyl (C=O) groups excluding carboxylic acids is 1. The molecule has 1 radical (unpaired) electrons. The lowest BCUT2D eigenvalue weighted by atomic mass is 10.2. The fraction of sp³-hybridized carbons (Fsp3) is 0.375. The first kappa shape index (κ1) is 6.27. The largest absolute Gasteiger partial charge is 0.285 e. The van der Waals surface area contributed by atoms with Gasteiger partial charge in [0.1, 0.15) is 0 Å². The van der Waals surface area contributed by atoms with Crippen molar-refractivity contribution >= 4 is 6.29 Å². The predicted molar refractivity (Wildman–Crippen MR) is 36.8 cm³/mol. The van der Waals surface area contributed by atoms with E-state index in [4.69, 9.17) is 0 Å². The highest BCUT2D eigenvalue weighted by Gasteiger charge is 1.94. The molecule has 0 aromatic heterocycles. The van der Waals surface area contributed by atoms with Gasteiger partial charge >= 0.3 is 0 Å². The number of hydrogen-bond acceptors (Lipinski definition) is 1. The van der Waals surface area contributed by atoms with Gasteiger partial charge < -0.3 is 0 Å². The minimum Gasteiger partial charge on any atom is -0.285 e. The molecule has 0 aliphatic heterocycles. The number of allylic oxidation sites excluding steroid dienone is 4. The van der Waals surface area contributed by atoms with Crippen LogP contribution in [0.2, 0.25) is 0 Å². The Bertz CT molecular complexity index is 154. The van der Waals surface area contributed by atoms with Crippen LogP contribution < -0.4 is 0 Å². The van der Waals surface area contributed by atoms with Crippen LogP contribution in [0.1, 0.15) is 19.3 Å². The third kappa shape index (κ3) is 1.84. The first-order chi connectivity index (χ1) is 4.43. The van der Waals surface area contributed by atoms with Crippen LogP contribution in [0, 0.1) is 0 Å². The molecule has 0 saturated heterocycles. The second-order valence-electron chi connectivity index (χ2n) is 2.08. The molecule has 0 heterocycles. The van der Waals surface area contributed by atoms with Gasteiger partial charge in [-0.15, -0.1) is 0 Å². The SMILES string of the molecule is O=[C]C1=CCCC=CC1. The van der Waals surface area contributed by atoms with E-state index in [1.54, 1.807) is 0 Å². The van der Waals surface area contributed by atoms with Gasteiger partial charge in [0, 0.05) is 5.57 Å². The third-order valence-electron chi connectivity index (χ3n) is 1.36. The van der Waals surface area contributed by atoms with Crippen molar-refractivity contribution < 1.29 is 4.79 Å². The maximum absolute atomic E-state index is 10.1. The molecule has 1 heteroatoms. The van der Waals surface area contributed by atoms with Crippen molar-refractivity contribution in [3.05, 3.63) is 23.8 Å². The van der Waals surface area contributed by atoms with E-state index in [9.17, 15) is 4.79 Å². The minimum atomic E-state index is 0.767. The lowest BCUT2D eigenvalue weighted by molar-refractivity contribution is 0.561. The fourth-order valence-electron chi connectivity index (χ4n) is 0.849. The van der Waals surface area contributed by atoms with E-state index in [1.807, 2.05) is 18.4 Å². The Kier molecular flexibility index (Phi) is 2.25. The molecule has 1 aliphatic rings. The molecule has 47 valence electrons. The molecule has 0 spiro atoms. The lowest BCUT2D eigenvalue weighted by Crippen LogP contribution is -1.79. The second-order valence-corrected chi connectivity index (χ2v) is 2.08. The first-order valence-corrected chi connectivity index (χ1v) is 3.15. The van der Waals surface area contributed by atoms with Crippen LogP contribution in [-0.2, 0) is 4.79 Å². The summed E-state index contributed by atoms with van der Waals surface area (Å²) in [7, 11) is 0. The number of rotatable bonds is 1. The predicted octanol–water partition coefficient (Wildman–Crippen LogP) is 1.76. The molecular formula is C8H9O.